The van der Waals surface area contributed by atoms with Crippen LogP contribution in [-0.4, -0.2) is 37.0 Å². The summed E-state index contributed by atoms with van der Waals surface area (Å²) in [6.07, 6.45) is 1.14. The van der Waals surface area contributed by atoms with Crippen molar-refractivity contribution < 1.29 is 9.84 Å². The summed E-state index contributed by atoms with van der Waals surface area (Å²) in [6.45, 7) is 0.329. The van der Waals surface area contributed by atoms with Crippen molar-refractivity contribution in [1.29, 1.82) is 0 Å². The molecule has 0 saturated heterocycles. The van der Waals surface area contributed by atoms with E-state index in [1.165, 1.54) is 0 Å². The van der Waals surface area contributed by atoms with Crippen LogP contribution >= 0.6 is 11.6 Å². The Morgan fingerprint density at radius 3 is 2.67 bits per heavy atom. The third-order valence-electron chi connectivity index (χ3n) is 1.85. The van der Waals surface area contributed by atoms with Crippen molar-refractivity contribution in [1.82, 2.24) is 0 Å². The maximum atomic E-state index is 9.15. The lowest BCUT2D eigenvalue weighted by Crippen LogP contribution is -2.12. The summed E-state index contributed by atoms with van der Waals surface area (Å²) >= 11 is 5.43. The molecule has 0 spiro atoms. The van der Waals surface area contributed by atoms with E-state index in [1.54, 1.807) is 13.3 Å². The van der Waals surface area contributed by atoms with Gasteiger partial charge in [-0.25, -0.2) is 0 Å². The zero-order valence-electron chi connectivity index (χ0n) is 8.56. The summed E-state index contributed by atoms with van der Waals surface area (Å²) in [7, 11) is 1.62. The molecule has 0 unspecified atom stereocenters. The number of ether oxygens (including phenoxy) is 1. The molecule has 0 aliphatic heterocycles. The Hall–Kier alpha value is -1.06. The summed E-state index contributed by atoms with van der Waals surface area (Å²) in [6, 6.07) is 7.52. The van der Waals surface area contributed by atoms with Gasteiger partial charge >= 0.3 is 0 Å². The van der Waals surface area contributed by atoms with E-state index in [0.29, 0.717) is 6.54 Å². The number of methoxy groups -OCH3 is 1. The molecule has 1 atom stereocenters. The van der Waals surface area contributed by atoms with Gasteiger partial charge in [-0.1, -0.05) is 0 Å². The van der Waals surface area contributed by atoms with E-state index in [2.05, 4.69) is 4.99 Å². The first kappa shape index (κ1) is 12.0. The number of aliphatic imine (C=N–C) groups is 1. The Morgan fingerprint density at radius 1 is 1.47 bits per heavy atom. The second kappa shape index (κ2) is 6.43. The van der Waals surface area contributed by atoms with Crippen molar-refractivity contribution >= 4 is 17.8 Å². The van der Waals surface area contributed by atoms with Crippen LogP contribution in [0.25, 0.3) is 0 Å². The molecule has 0 saturated carbocycles. The lowest BCUT2D eigenvalue weighted by molar-refractivity contribution is 0.207. The fraction of sp³-hybridized carbons (Fsp3) is 0.364. The molecule has 0 amide bonds. The molecule has 1 aromatic carbocycles. The molecule has 15 heavy (non-hydrogen) atoms. The maximum absolute atomic E-state index is 9.15. The Kier molecular flexibility index (Phi) is 5.15. The van der Waals surface area contributed by atoms with Gasteiger partial charge in [0.05, 0.1) is 25.6 Å². The van der Waals surface area contributed by atoms with Crippen LogP contribution in [0.5, 0.6) is 5.75 Å². The number of hydrogen-bond donors (Lipinski definition) is 1. The van der Waals surface area contributed by atoms with Crippen LogP contribution in [0.2, 0.25) is 0 Å². The number of nitrogens with zero attached hydrogens (tertiary/aromatic N) is 1. The van der Waals surface area contributed by atoms with Crippen LogP contribution in [0.1, 0.15) is 5.56 Å². The lowest BCUT2D eigenvalue weighted by Gasteiger charge is -2.01. The fourth-order valence-corrected chi connectivity index (χ4v) is 1.12. The van der Waals surface area contributed by atoms with E-state index in [9.17, 15) is 0 Å². The highest BCUT2D eigenvalue weighted by molar-refractivity contribution is 6.18. The number of halogens is 1. The second-order valence-electron chi connectivity index (χ2n) is 3.08. The van der Waals surface area contributed by atoms with Gasteiger partial charge in [0.15, 0.2) is 0 Å². The highest BCUT2D eigenvalue weighted by Crippen LogP contribution is 2.09. The molecule has 0 bridgehead atoms. The summed E-state index contributed by atoms with van der Waals surface area (Å²) in [5, 5.41) is 9.15. The van der Waals surface area contributed by atoms with Crippen molar-refractivity contribution in [3.8, 4) is 5.75 Å². The molecule has 82 valence electrons. The normalized spacial score (nSPS) is 13.0. The first-order valence-corrected chi connectivity index (χ1v) is 5.17. The number of aliphatic hydroxyl groups is 1. The monoisotopic (exact) mass is 227 g/mol. The lowest BCUT2D eigenvalue weighted by atomic mass is 10.2. The molecule has 0 heterocycles. The van der Waals surface area contributed by atoms with Gasteiger partial charge in [0.25, 0.3) is 0 Å². The maximum Gasteiger partial charge on any atom is 0.118 e. The van der Waals surface area contributed by atoms with Gasteiger partial charge in [-0.3, -0.25) is 4.99 Å². The standard InChI is InChI=1S/C11H14ClNO2/c1-15-11-4-2-9(3-5-11)7-13-8-10(14)6-12/h2-5,7,10,14H,6,8H2,1H3/t10-/m0/s1. The average Bonchev–Trinajstić information content (AvgIpc) is 2.29. The topological polar surface area (TPSA) is 41.8 Å². The Labute approximate surface area is 94.4 Å². The van der Waals surface area contributed by atoms with Crippen LogP contribution in [-0.2, 0) is 0 Å². The minimum Gasteiger partial charge on any atom is -0.497 e. The van der Waals surface area contributed by atoms with Crippen molar-refractivity contribution in [3.63, 3.8) is 0 Å². The molecule has 1 N–H and O–H groups in total. The summed E-state index contributed by atoms with van der Waals surface area (Å²) in [5.74, 6) is 1.02. The van der Waals surface area contributed by atoms with Gasteiger partial charge in [0, 0.05) is 6.21 Å². The van der Waals surface area contributed by atoms with E-state index >= 15 is 0 Å². The number of alkyl halides is 1. The molecule has 1 aromatic rings. The van der Waals surface area contributed by atoms with Gasteiger partial charge in [-0.05, 0) is 29.8 Å². The molecule has 1 rings (SSSR count). The number of hydrogen-bond acceptors (Lipinski definition) is 3. The van der Waals surface area contributed by atoms with Crippen LogP contribution in [0.4, 0.5) is 0 Å². The molecular formula is C11H14ClNO2. The third kappa shape index (κ3) is 4.32. The number of rotatable bonds is 5. The van der Waals surface area contributed by atoms with Crippen LogP contribution in [0, 0.1) is 0 Å². The summed E-state index contributed by atoms with van der Waals surface area (Å²) in [5.41, 5.74) is 0.970. The average molecular weight is 228 g/mol. The largest absolute Gasteiger partial charge is 0.497 e. The predicted molar refractivity (Wildman–Crippen MR) is 62.2 cm³/mol. The van der Waals surface area contributed by atoms with Gasteiger partial charge in [0.1, 0.15) is 5.75 Å². The summed E-state index contributed by atoms with van der Waals surface area (Å²) < 4.78 is 5.03. The van der Waals surface area contributed by atoms with Gasteiger partial charge in [-0.15, -0.1) is 11.6 Å². The minimum atomic E-state index is -0.568. The quantitative estimate of drug-likeness (QED) is 0.615. The Morgan fingerprint density at radius 2 is 2.13 bits per heavy atom. The fourth-order valence-electron chi connectivity index (χ4n) is 1.02. The van der Waals surface area contributed by atoms with E-state index in [4.69, 9.17) is 21.4 Å². The molecular weight excluding hydrogens is 214 g/mol. The number of benzene rings is 1. The highest BCUT2D eigenvalue weighted by atomic mass is 35.5. The first-order valence-electron chi connectivity index (χ1n) is 4.64. The molecule has 0 aromatic heterocycles. The van der Waals surface area contributed by atoms with Crippen LogP contribution in [0.3, 0.4) is 0 Å². The van der Waals surface area contributed by atoms with Crippen molar-refractivity contribution in [3.05, 3.63) is 29.8 Å². The molecule has 0 aliphatic carbocycles. The van der Waals surface area contributed by atoms with E-state index < -0.39 is 6.10 Å². The van der Waals surface area contributed by atoms with Crippen molar-refractivity contribution in [2.45, 2.75) is 6.10 Å². The van der Waals surface area contributed by atoms with Crippen molar-refractivity contribution in [2.24, 2.45) is 4.99 Å². The number of aliphatic hydroxyl groups excluding tert-OH is 1. The Balaban J connectivity index is 2.49. The van der Waals surface area contributed by atoms with Crippen LogP contribution < -0.4 is 4.74 Å². The van der Waals surface area contributed by atoms with E-state index in [0.717, 1.165) is 11.3 Å². The predicted octanol–water partition coefficient (Wildman–Crippen LogP) is 1.71. The second-order valence-corrected chi connectivity index (χ2v) is 3.38. The molecule has 0 fully saturated rings. The van der Waals surface area contributed by atoms with Gasteiger partial charge < -0.3 is 9.84 Å². The SMILES string of the molecule is COc1ccc(C=NC[C@@H](O)CCl)cc1. The van der Waals surface area contributed by atoms with Gasteiger partial charge in [0.2, 0.25) is 0 Å². The smallest absolute Gasteiger partial charge is 0.118 e. The first-order chi connectivity index (χ1) is 7.26. The zero-order valence-corrected chi connectivity index (χ0v) is 9.31. The van der Waals surface area contributed by atoms with Gasteiger partial charge in [-0.2, -0.15) is 0 Å². The molecule has 4 heteroatoms. The van der Waals surface area contributed by atoms with Crippen molar-refractivity contribution in [2.75, 3.05) is 19.5 Å². The summed E-state index contributed by atoms with van der Waals surface area (Å²) in [4.78, 5) is 4.07. The van der Waals surface area contributed by atoms with E-state index in [1.807, 2.05) is 24.3 Å². The van der Waals surface area contributed by atoms with Crippen LogP contribution in [0.15, 0.2) is 29.3 Å². The van der Waals surface area contributed by atoms with E-state index in [-0.39, 0.29) is 5.88 Å². The highest BCUT2D eigenvalue weighted by Gasteiger charge is 1.97. The molecule has 0 radical (unpaired) electrons. The minimum absolute atomic E-state index is 0.208. The zero-order chi connectivity index (χ0) is 11.1. The molecule has 0 aliphatic rings. The Bertz CT molecular complexity index is 311. The molecule has 3 nitrogen and oxygen atoms in total. The third-order valence-corrected chi connectivity index (χ3v) is 2.21.